The minimum atomic E-state index is -0.878. The molecule has 0 bridgehead atoms. The first kappa shape index (κ1) is 12.3. The number of ether oxygens (including phenoxy) is 1. The van der Waals surface area contributed by atoms with Gasteiger partial charge in [-0.25, -0.2) is 9.78 Å². The van der Waals surface area contributed by atoms with E-state index in [4.69, 9.17) is 9.84 Å². The second-order valence-corrected chi connectivity index (χ2v) is 4.86. The SMILES string of the molecule is CCc1nc(N2CCCOCC2)sc1C(=O)O. The first-order chi connectivity index (χ1) is 8.22. The van der Waals surface area contributed by atoms with E-state index in [1.807, 2.05) is 6.92 Å². The van der Waals surface area contributed by atoms with Crippen molar-refractivity contribution in [3.05, 3.63) is 10.6 Å². The van der Waals surface area contributed by atoms with E-state index in [1.54, 1.807) is 0 Å². The molecule has 1 aliphatic rings. The molecular formula is C11H16N2O3S. The molecule has 1 fully saturated rings. The highest BCUT2D eigenvalue weighted by Gasteiger charge is 2.20. The van der Waals surface area contributed by atoms with E-state index in [0.717, 1.165) is 31.2 Å². The number of anilines is 1. The van der Waals surface area contributed by atoms with Crippen molar-refractivity contribution in [3.8, 4) is 0 Å². The van der Waals surface area contributed by atoms with Gasteiger partial charge < -0.3 is 14.7 Å². The molecule has 1 N–H and O–H groups in total. The molecule has 1 aromatic rings. The van der Waals surface area contributed by atoms with Crippen LogP contribution in [0.1, 0.15) is 28.7 Å². The number of carboxylic acids is 1. The number of hydrogen-bond acceptors (Lipinski definition) is 5. The van der Waals surface area contributed by atoms with Gasteiger partial charge in [-0.2, -0.15) is 0 Å². The Morgan fingerprint density at radius 2 is 2.35 bits per heavy atom. The number of nitrogens with zero attached hydrogens (tertiary/aromatic N) is 2. The molecule has 0 unspecified atom stereocenters. The van der Waals surface area contributed by atoms with Crippen LogP contribution >= 0.6 is 11.3 Å². The first-order valence-electron chi connectivity index (χ1n) is 5.78. The summed E-state index contributed by atoms with van der Waals surface area (Å²) in [7, 11) is 0. The molecule has 0 aromatic carbocycles. The number of carboxylic acid groups (broad SMARTS) is 1. The van der Waals surface area contributed by atoms with E-state index < -0.39 is 5.97 Å². The van der Waals surface area contributed by atoms with Gasteiger partial charge in [0.15, 0.2) is 5.13 Å². The topological polar surface area (TPSA) is 62.7 Å². The van der Waals surface area contributed by atoms with Gasteiger partial charge in [-0.3, -0.25) is 0 Å². The van der Waals surface area contributed by atoms with Crippen LogP contribution in [0.3, 0.4) is 0 Å². The number of thiazole rings is 1. The van der Waals surface area contributed by atoms with E-state index in [0.29, 0.717) is 23.6 Å². The van der Waals surface area contributed by atoms with Crippen LogP contribution in [-0.2, 0) is 11.2 Å². The van der Waals surface area contributed by atoms with Crippen LogP contribution in [0.5, 0.6) is 0 Å². The minimum Gasteiger partial charge on any atom is -0.477 e. The van der Waals surface area contributed by atoms with Gasteiger partial charge in [0.05, 0.1) is 12.3 Å². The van der Waals surface area contributed by atoms with Gasteiger partial charge in [-0.15, -0.1) is 0 Å². The highest BCUT2D eigenvalue weighted by Crippen LogP contribution is 2.27. The summed E-state index contributed by atoms with van der Waals surface area (Å²) in [5.74, 6) is -0.878. The monoisotopic (exact) mass is 256 g/mol. The maximum atomic E-state index is 11.1. The smallest absolute Gasteiger partial charge is 0.347 e. The molecule has 6 heteroatoms. The highest BCUT2D eigenvalue weighted by atomic mass is 32.1. The summed E-state index contributed by atoms with van der Waals surface area (Å²) >= 11 is 1.27. The Labute approximate surface area is 104 Å². The quantitative estimate of drug-likeness (QED) is 0.890. The van der Waals surface area contributed by atoms with E-state index in [1.165, 1.54) is 11.3 Å². The van der Waals surface area contributed by atoms with Crippen LogP contribution in [0.4, 0.5) is 5.13 Å². The standard InChI is InChI=1S/C11H16N2O3S/c1-2-8-9(10(14)15)17-11(12-8)13-4-3-6-16-7-5-13/h2-7H2,1H3,(H,14,15). The molecule has 0 atom stereocenters. The van der Waals surface area contributed by atoms with Crippen molar-refractivity contribution >= 4 is 22.4 Å². The normalized spacial score (nSPS) is 16.9. The zero-order chi connectivity index (χ0) is 12.3. The summed E-state index contributed by atoms with van der Waals surface area (Å²) in [6, 6.07) is 0. The van der Waals surface area contributed by atoms with Gasteiger partial charge in [0.1, 0.15) is 4.88 Å². The lowest BCUT2D eigenvalue weighted by molar-refractivity contribution is 0.0701. The van der Waals surface area contributed by atoms with Crippen molar-refractivity contribution in [1.82, 2.24) is 4.98 Å². The second kappa shape index (κ2) is 5.46. The van der Waals surface area contributed by atoms with Crippen molar-refractivity contribution in [2.75, 3.05) is 31.2 Å². The van der Waals surface area contributed by atoms with Crippen molar-refractivity contribution in [2.24, 2.45) is 0 Å². The summed E-state index contributed by atoms with van der Waals surface area (Å²) in [4.78, 5) is 18.0. The second-order valence-electron chi connectivity index (χ2n) is 3.88. The fraction of sp³-hybridized carbons (Fsp3) is 0.636. The Morgan fingerprint density at radius 1 is 1.53 bits per heavy atom. The zero-order valence-corrected chi connectivity index (χ0v) is 10.6. The van der Waals surface area contributed by atoms with E-state index in [9.17, 15) is 4.79 Å². The first-order valence-corrected chi connectivity index (χ1v) is 6.59. The Bertz CT molecular complexity index is 397. The van der Waals surface area contributed by atoms with Crippen LogP contribution in [-0.4, -0.2) is 42.4 Å². The van der Waals surface area contributed by atoms with Crippen LogP contribution in [0, 0.1) is 0 Å². The van der Waals surface area contributed by atoms with Crippen molar-refractivity contribution in [2.45, 2.75) is 19.8 Å². The molecular weight excluding hydrogens is 240 g/mol. The molecule has 1 saturated heterocycles. The molecule has 0 amide bonds. The average molecular weight is 256 g/mol. The molecule has 94 valence electrons. The number of carbonyl (C=O) groups is 1. The third-order valence-corrected chi connectivity index (χ3v) is 3.85. The summed E-state index contributed by atoms with van der Waals surface area (Å²) in [5.41, 5.74) is 0.683. The van der Waals surface area contributed by atoms with Crippen LogP contribution in [0.2, 0.25) is 0 Å². The van der Waals surface area contributed by atoms with Gasteiger partial charge in [-0.05, 0) is 12.8 Å². The van der Waals surface area contributed by atoms with Gasteiger partial charge in [0.2, 0.25) is 0 Å². The zero-order valence-electron chi connectivity index (χ0n) is 9.81. The third-order valence-electron chi connectivity index (χ3n) is 2.71. The molecule has 2 heterocycles. The number of aromatic carboxylic acids is 1. The molecule has 0 spiro atoms. The molecule has 17 heavy (non-hydrogen) atoms. The fourth-order valence-electron chi connectivity index (χ4n) is 1.82. The van der Waals surface area contributed by atoms with Gasteiger partial charge >= 0.3 is 5.97 Å². The molecule has 2 rings (SSSR count). The lowest BCUT2D eigenvalue weighted by atomic mass is 10.3. The molecule has 0 radical (unpaired) electrons. The molecule has 1 aromatic heterocycles. The van der Waals surface area contributed by atoms with Crippen molar-refractivity contribution < 1.29 is 14.6 Å². The van der Waals surface area contributed by atoms with E-state index in [-0.39, 0.29) is 0 Å². The molecule has 0 aliphatic carbocycles. The van der Waals surface area contributed by atoms with Crippen LogP contribution in [0.25, 0.3) is 0 Å². The maximum absolute atomic E-state index is 11.1. The fourth-order valence-corrected chi connectivity index (χ4v) is 2.86. The summed E-state index contributed by atoms with van der Waals surface area (Å²) in [5, 5.41) is 9.90. The lowest BCUT2D eigenvalue weighted by Crippen LogP contribution is -2.25. The van der Waals surface area contributed by atoms with E-state index >= 15 is 0 Å². The Kier molecular flexibility index (Phi) is 3.96. The summed E-state index contributed by atoms with van der Waals surface area (Å²) < 4.78 is 5.38. The predicted octanol–water partition coefficient (Wildman–Crippen LogP) is 1.63. The average Bonchev–Trinajstić information content (AvgIpc) is 2.57. The Morgan fingerprint density at radius 3 is 3.00 bits per heavy atom. The van der Waals surface area contributed by atoms with Gasteiger partial charge in [0, 0.05) is 19.7 Å². The Hall–Kier alpha value is -1.14. The van der Waals surface area contributed by atoms with Crippen LogP contribution in [0.15, 0.2) is 0 Å². The van der Waals surface area contributed by atoms with Gasteiger partial charge in [-0.1, -0.05) is 18.3 Å². The third kappa shape index (κ3) is 2.76. The summed E-state index contributed by atoms with van der Waals surface area (Å²) in [6.45, 7) is 5.06. The molecule has 5 nitrogen and oxygen atoms in total. The Balaban J connectivity index is 2.22. The predicted molar refractivity (Wildman–Crippen MR) is 66.1 cm³/mol. The van der Waals surface area contributed by atoms with E-state index in [2.05, 4.69) is 9.88 Å². The van der Waals surface area contributed by atoms with Gasteiger partial charge in [0.25, 0.3) is 0 Å². The number of hydrogen-bond donors (Lipinski definition) is 1. The largest absolute Gasteiger partial charge is 0.477 e. The number of aryl methyl sites for hydroxylation is 1. The maximum Gasteiger partial charge on any atom is 0.347 e. The summed E-state index contributed by atoms with van der Waals surface area (Å²) in [6.07, 6.45) is 1.62. The number of rotatable bonds is 3. The lowest BCUT2D eigenvalue weighted by Gasteiger charge is -2.17. The van der Waals surface area contributed by atoms with Crippen molar-refractivity contribution in [1.29, 1.82) is 0 Å². The minimum absolute atomic E-state index is 0.368. The van der Waals surface area contributed by atoms with Crippen LogP contribution < -0.4 is 4.90 Å². The number of aromatic nitrogens is 1. The molecule has 0 saturated carbocycles. The highest BCUT2D eigenvalue weighted by molar-refractivity contribution is 7.17. The molecule has 1 aliphatic heterocycles. The van der Waals surface area contributed by atoms with Crippen molar-refractivity contribution in [3.63, 3.8) is 0 Å².